The molecule has 3 aromatic rings. The van der Waals surface area contributed by atoms with E-state index >= 15 is 0 Å². The Balaban J connectivity index is 1.48. The Morgan fingerprint density at radius 3 is 2.41 bits per heavy atom. The molecule has 9 heteroatoms. The van der Waals surface area contributed by atoms with Crippen LogP contribution in [0.5, 0.6) is 11.5 Å². The Bertz CT molecular complexity index is 1200. The van der Waals surface area contributed by atoms with Gasteiger partial charge in [-0.1, -0.05) is 44.2 Å². The smallest absolute Gasteiger partial charge is 0.279 e. The van der Waals surface area contributed by atoms with E-state index in [1.807, 2.05) is 42.5 Å². The highest BCUT2D eigenvalue weighted by Gasteiger charge is 2.16. The van der Waals surface area contributed by atoms with Gasteiger partial charge in [0.2, 0.25) is 0 Å². The van der Waals surface area contributed by atoms with Gasteiger partial charge in [-0.15, -0.1) is 0 Å². The van der Waals surface area contributed by atoms with Gasteiger partial charge in [0.1, 0.15) is 11.5 Å². The summed E-state index contributed by atoms with van der Waals surface area (Å²) in [5.41, 5.74) is 5.35. The molecule has 0 heterocycles. The van der Waals surface area contributed by atoms with Crippen molar-refractivity contribution in [2.24, 2.45) is 5.92 Å². The van der Waals surface area contributed by atoms with Gasteiger partial charge in [0.25, 0.3) is 11.8 Å². The molecule has 0 aliphatic heterocycles. The number of hydrogen-bond donors (Lipinski definition) is 3. The third-order valence-electron chi connectivity index (χ3n) is 4.70. The number of halogens is 1. The molecule has 0 radical (unpaired) electrons. The molecule has 1 atom stereocenters. The number of fused-ring (bicyclic) bond motifs is 1. The van der Waals surface area contributed by atoms with Gasteiger partial charge in [0.05, 0.1) is 11.1 Å². The molecule has 1 unspecified atom stereocenters. The standard InChI is InChI=1S/C25H26BrN3O4S/c1-15(2)14-32-22-11-9-19(13-21(22)26)24(31)27-25(34)29-28-23(30)16(3)33-20-10-8-17-6-4-5-7-18(17)12-20/h4-13,15-16H,14H2,1-3H3,(H,28,30)(H2,27,29,31,34). The summed E-state index contributed by atoms with van der Waals surface area (Å²) in [6, 6.07) is 18.5. The van der Waals surface area contributed by atoms with Crippen molar-refractivity contribution in [1.29, 1.82) is 0 Å². The number of rotatable bonds is 7. The fourth-order valence-electron chi connectivity index (χ4n) is 2.94. The summed E-state index contributed by atoms with van der Waals surface area (Å²) in [6.07, 6.45) is -0.790. The molecule has 0 aliphatic rings. The number of nitrogens with one attached hydrogen (secondary N) is 3. The molecule has 3 rings (SSSR count). The predicted molar refractivity (Wildman–Crippen MR) is 140 cm³/mol. The SMILES string of the molecule is CC(C)COc1ccc(C(=O)NC(=S)NNC(=O)C(C)Oc2ccc3ccccc3c2)cc1Br. The highest BCUT2D eigenvalue weighted by molar-refractivity contribution is 9.10. The molecule has 34 heavy (non-hydrogen) atoms. The maximum Gasteiger partial charge on any atom is 0.279 e. The Kier molecular flexibility index (Phi) is 8.84. The zero-order valence-electron chi connectivity index (χ0n) is 19.1. The third-order valence-corrected chi connectivity index (χ3v) is 5.52. The average Bonchev–Trinajstić information content (AvgIpc) is 2.81. The summed E-state index contributed by atoms with van der Waals surface area (Å²) >= 11 is 8.53. The van der Waals surface area contributed by atoms with Crippen LogP contribution in [0.4, 0.5) is 0 Å². The maximum absolute atomic E-state index is 12.5. The zero-order chi connectivity index (χ0) is 24.7. The van der Waals surface area contributed by atoms with Gasteiger partial charge in [-0.2, -0.15) is 0 Å². The molecule has 0 fully saturated rings. The molecular formula is C25H26BrN3O4S. The number of benzene rings is 3. The summed E-state index contributed by atoms with van der Waals surface area (Å²) in [5, 5.41) is 4.57. The van der Waals surface area contributed by atoms with E-state index in [0.29, 0.717) is 34.1 Å². The lowest BCUT2D eigenvalue weighted by molar-refractivity contribution is -0.127. The number of hydrogen-bond acceptors (Lipinski definition) is 5. The normalized spacial score (nSPS) is 11.6. The summed E-state index contributed by atoms with van der Waals surface area (Å²) in [5.74, 6) is 0.735. The minimum Gasteiger partial charge on any atom is -0.492 e. The number of thiocarbonyl (C=S) groups is 1. The first-order valence-electron chi connectivity index (χ1n) is 10.7. The summed E-state index contributed by atoms with van der Waals surface area (Å²) in [6.45, 7) is 6.30. The number of carbonyl (C=O) groups excluding carboxylic acids is 2. The van der Waals surface area contributed by atoms with Gasteiger partial charge in [-0.3, -0.25) is 25.8 Å². The van der Waals surface area contributed by atoms with Crippen molar-refractivity contribution in [2.45, 2.75) is 26.9 Å². The molecule has 0 bridgehead atoms. The van der Waals surface area contributed by atoms with Gasteiger partial charge in [0.15, 0.2) is 11.2 Å². The number of ether oxygens (including phenoxy) is 2. The number of amides is 2. The lowest BCUT2D eigenvalue weighted by Gasteiger charge is -2.16. The Labute approximate surface area is 212 Å². The molecular weight excluding hydrogens is 518 g/mol. The maximum atomic E-state index is 12.5. The molecule has 0 aromatic heterocycles. The van der Waals surface area contributed by atoms with Crippen LogP contribution in [0.25, 0.3) is 10.8 Å². The molecule has 178 valence electrons. The summed E-state index contributed by atoms with van der Waals surface area (Å²) in [7, 11) is 0. The summed E-state index contributed by atoms with van der Waals surface area (Å²) in [4.78, 5) is 24.8. The van der Waals surface area contributed by atoms with Crippen molar-refractivity contribution in [1.82, 2.24) is 16.2 Å². The predicted octanol–water partition coefficient (Wildman–Crippen LogP) is 4.74. The van der Waals surface area contributed by atoms with Crippen LogP contribution in [0.15, 0.2) is 65.1 Å². The molecule has 7 nitrogen and oxygen atoms in total. The van der Waals surface area contributed by atoms with E-state index in [-0.39, 0.29) is 5.11 Å². The van der Waals surface area contributed by atoms with E-state index < -0.39 is 17.9 Å². The topological polar surface area (TPSA) is 88.7 Å². The van der Waals surface area contributed by atoms with Crippen molar-refractivity contribution >= 4 is 55.8 Å². The molecule has 0 aliphatic carbocycles. The lowest BCUT2D eigenvalue weighted by atomic mass is 10.1. The molecule has 3 N–H and O–H groups in total. The fraction of sp³-hybridized carbons (Fsp3) is 0.240. The molecule has 0 saturated heterocycles. The van der Waals surface area contributed by atoms with Crippen molar-refractivity contribution in [2.75, 3.05) is 6.61 Å². The van der Waals surface area contributed by atoms with Crippen LogP contribution >= 0.6 is 28.1 Å². The molecule has 3 aromatic carbocycles. The fourth-order valence-corrected chi connectivity index (χ4v) is 3.58. The highest BCUT2D eigenvalue weighted by Crippen LogP contribution is 2.26. The van der Waals surface area contributed by atoms with Crippen LogP contribution < -0.4 is 25.6 Å². The first-order valence-corrected chi connectivity index (χ1v) is 11.9. The minimum atomic E-state index is -0.790. The molecule has 0 saturated carbocycles. The second kappa shape index (κ2) is 11.8. The average molecular weight is 544 g/mol. The van der Waals surface area contributed by atoms with Crippen molar-refractivity contribution in [3.8, 4) is 11.5 Å². The largest absolute Gasteiger partial charge is 0.492 e. The summed E-state index contributed by atoms with van der Waals surface area (Å²) < 4.78 is 12.1. The van der Waals surface area contributed by atoms with Gasteiger partial charge in [0, 0.05) is 5.56 Å². The van der Waals surface area contributed by atoms with Crippen LogP contribution in [-0.4, -0.2) is 29.6 Å². The van der Waals surface area contributed by atoms with E-state index in [2.05, 4.69) is 45.9 Å². The van der Waals surface area contributed by atoms with Crippen LogP contribution in [-0.2, 0) is 4.79 Å². The Morgan fingerprint density at radius 1 is 0.971 bits per heavy atom. The van der Waals surface area contributed by atoms with Crippen molar-refractivity contribution < 1.29 is 19.1 Å². The highest BCUT2D eigenvalue weighted by atomic mass is 79.9. The third kappa shape index (κ3) is 7.16. The van der Waals surface area contributed by atoms with Crippen LogP contribution in [0, 0.1) is 5.92 Å². The Hall–Kier alpha value is -3.17. The van der Waals surface area contributed by atoms with Crippen LogP contribution in [0.2, 0.25) is 0 Å². The van der Waals surface area contributed by atoms with E-state index in [4.69, 9.17) is 21.7 Å². The molecule has 2 amide bonds. The number of hydrazine groups is 1. The van der Waals surface area contributed by atoms with Crippen LogP contribution in [0.3, 0.4) is 0 Å². The number of carbonyl (C=O) groups is 2. The van der Waals surface area contributed by atoms with E-state index in [1.165, 1.54) is 0 Å². The monoisotopic (exact) mass is 543 g/mol. The van der Waals surface area contributed by atoms with Gasteiger partial charge >= 0.3 is 0 Å². The van der Waals surface area contributed by atoms with E-state index in [0.717, 1.165) is 10.8 Å². The minimum absolute atomic E-state index is 0.0486. The van der Waals surface area contributed by atoms with Crippen molar-refractivity contribution in [3.63, 3.8) is 0 Å². The quantitative estimate of drug-likeness (QED) is 0.294. The van der Waals surface area contributed by atoms with E-state index in [1.54, 1.807) is 25.1 Å². The van der Waals surface area contributed by atoms with E-state index in [9.17, 15) is 9.59 Å². The van der Waals surface area contributed by atoms with Gasteiger partial charge in [-0.05, 0) is 82.1 Å². The Morgan fingerprint density at radius 2 is 1.71 bits per heavy atom. The first-order chi connectivity index (χ1) is 16.2. The second-order valence-electron chi connectivity index (χ2n) is 8.02. The molecule has 0 spiro atoms. The van der Waals surface area contributed by atoms with Gasteiger partial charge < -0.3 is 9.47 Å². The second-order valence-corrected chi connectivity index (χ2v) is 9.28. The van der Waals surface area contributed by atoms with Crippen LogP contribution in [0.1, 0.15) is 31.1 Å². The van der Waals surface area contributed by atoms with Gasteiger partial charge in [-0.25, -0.2) is 0 Å². The van der Waals surface area contributed by atoms with Crippen molar-refractivity contribution in [3.05, 3.63) is 70.7 Å². The first kappa shape index (κ1) is 25.5. The lowest BCUT2D eigenvalue weighted by Crippen LogP contribution is -2.51. The zero-order valence-corrected chi connectivity index (χ0v) is 21.5.